The molecular weight excluding hydrogens is 376 g/mol. The van der Waals surface area contributed by atoms with E-state index >= 15 is 0 Å². The van der Waals surface area contributed by atoms with Crippen molar-refractivity contribution in [1.29, 1.82) is 0 Å². The summed E-state index contributed by atoms with van der Waals surface area (Å²) in [7, 11) is 0. The Hall–Kier alpha value is -2.68. The Balaban J connectivity index is 1.54. The Morgan fingerprint density at radius 2 is 1.71 bits per heavy atom. The van der Waals surface area contributed by atoms with Gasteiger partial charge in [0.25, 0.3) is 0 Å². The maximum absolute atomic E-state index is 12.9. The summed E-state index contributed by atoms with van der Waals surface area (Å²) in [5.41, 5.74) is -0.258. The van der Waals surface area contributed by atoms with E-state index in [-0.39, 0.29) is 11.7 Å². The van der Waals surface area contributed by atoms with Gasteiger partial charge in [-0.2, -0.15) is 13.2 Å². The fourth-order valence-corrected chi connectivity index (χ4v) is 3.02. The molecule has 1 aromatic carbocycles. The molecule has 1 aliphatic heterocycles. The second-order valence-electron chi connectivity index (χ2n) is 6.60. The Morgan fingerprint density at radius 3 is 2.25 bits per heavy atom. The summed E-state index contributed by atoms with van der Waals surface area (Å²) in [5, 5.41) is 2.75. The molecule has 150 valence electrons. The Labute approximate surface area is 160 Å². The van der Waals surface area contributed by atoms with Gasteiger partial charge in [0.1, 0.15) is 11.6 Å². The number of carbonyl (C=O) groups excluding carboxylic acids is 1. The standard InChI is InChI=1S/C19H20F4N4O/c1-13(18(28)25-16-5-3-15(20)4-6-16)26-8-10-27(11-9-26)17-7-2-14(12-24-17)19(21,22)23/h2-7,12-13H,8-11H2,1H3,(H,25,28)/t13-/m1/s1. The van der Waals surface area contributed by atoms with Crippen LogP contribution in [0.5, 0.6) is 0 Å². The van der Waals surface area contributed by atoms with Crippen molar-refractivity contribution in [3.8, 4) is 0 Å². The van der Waals surface area contributed by atoms with Crippen molar-refractivity contribution in [3.63, 3.8) is 0 Å². The van der Waals surface area contributed by atoms with Crippen LogP contribution in [0, 0.1) is 5.82 Å². The number of alkyl halides is 3. The molecule has 3 rings (SSSR count). The van der Waals surface area contributed by atoms with E-state index in [1.807, 2.05) is 9.80 Å². The number of hydrogen-bond donors (Lipinski definition) is 1. The number of nitrogens with zero attached hydrogens (tertiary/aromatic N) is 3. The highest BCUT2D eigenvalue weighted by molar-refractivity contribution is 5.94. The quantitative estimate of drug-likeness (QED) is 0.805. The van der Waals surface area contributed by atoms with Crippen molar-refractivity contribution >= 4 is 17.4 Å². The summed E-state index contributed by atoms with van der Waals surface area (Å²) >= 11 is 0. The van der Waals surface area contributed by atoms with E-state index in [9.17, 15) is 22.4 Å². The zero-order valence-corrected chi connectivity index (χ0v) is 15.2. The summed E-state index contributed by atoms with van der Waals surface area (Å²) in [5.74, 6) is -0.0946. The third-order valence-corrected chi connectivity index (χ3v) is 4.75. The first-order chi connectivity index (χ1) is 13.2. The molecule has 0 bridgehead atoms. The van der Waals surface area contributed by atoms with Crippen molar-refractivity contribution in [2.75, 3.05) is 36.4 Å². The van der Waals surface area contributed by atoms with Gasteiger partial charge in [-0.25, -0.2) is 9.37 Å². The Bertz CT molecular complexity index is 800. The molecular formula is C19H20F4N4O. The number of anilines is 2. The minimum Gasteiger partial charge on any atom is -0.354 e. The number of carbonyl (C=O) groups is 1. The van der Waals surface area contributed by atoms with Crippen LogP contribution in [0.3, 0.4) is 0 Å². The normalized spacial score (nSPS) is 16.7. The third kappa shape index (κ3) is 4.78. The van der Waals surface area contributed by atoms with E-state index < -0.39 is 17.8 Å². The fraction of sp³-hybridized carbons (Fsp3) is 0.368. The van der Waals surface area contributed by atoms with E-state index in [4.69, 9.17) is 0 Å². The van der Waals surface area contributed by atoms with Gasteiger partial charge < -0.3 is 10.2 Å². The Morgan fingerprint density at radius 1 is 1.07 bits per heavy atom. The summed E-state index contributed by atoms with van der Waals surface area (Å²) in [6.07, 6.45) is -3.57. The van der Waals surface area contributed by atoms with Gasteiger partial charge >= 0.3 is 6.18 Å². The number of pyridine rings is 1. The first-order valence-electron chi connectivity index (χ1n) is 8.83. The van der Waals surface area contributed by atoms with Gasteiger partial charge in [0, 0.05) is 38.1 Å². The van der Waals surface area contributed by atoms with Crippen molar-refractivity contribution in [3.05, 3.63) is 54.0 Å². The number of halogens is 4. The van der Waals surface area contributed by atoms with Gasteiger partial charge in [-0.05, 0) is 43.3 Å². The smallest absolute Gasteiger partial charge is 0.354 e. The highest BCUT2D eigenvalue weighted by Crippen LogP contribution is 2.29. The van der Waals surface area contributed by atoms with E-state index in [2.05, 4.69) is 10.3 Å². The Kier molecular flexibility index (Phi) is 5.83. The second kappa shape index (κ2) is 8.14. The predicted octanol–water partition coefficient (Wildman–Crippen LogP) is 3.39. The summed E-state index contributed by atoms with van der Waals surface area (Å²) in [4.78, 5) is 20.2. The summed E-state index contributed by atoms with van der Waals surface area (Å²) < 4.78 is 50.9. The molecule has 2 heterocycles. The van der Waals surface area contributed by atoms with E-state index in [1.54, 1.807) is 6.92 Å². The number of piperazine rings is 1. The average molecular weight is 396 g/mol. The molecule has 1 saturated heterocycles. The minimum atomic E-state index is -4.41. The zero-order chi connectivity index (χ0) is 20.3. The van der Waals surface area contributed by atoms with E-state index in [0.29, 0.717) is 37.7 Å². The van der Waals surface area contributed by atoms with Crippen molar-refractivity contribution in [2.45, 2.75) is 19.1 Å². The molecule has 5 nitrogen and oxygen atoms in total. The van der Waals surface area contributed by atoms with Crippen LogP contribution in [0.15, 0.2) is 42.6 Å². The number of aromatic nitrogens is 1. The number of rotatable bonds is 4. The molecule has 2 aromatic rings. The second-order valence-corrected chi connectivity index (χ2v) is 6.60. The van der Waals surface area contributed by atoms with Gasteiger partial charge in [-0.3, -0.25) is 9.69 Å². The number of benzene rings is 1. The monoisotopic (exact) mass is 396 g/mol. The average Bonchev–Trinajstić information content (AvgIpc) is 2.69. The molecule has 0 saturated carbocycles. The van der Waals surface area contributed by atoms with Gasteiger partial charge in [0.2, 0.25) is 5.91 Å². The molecule has 28 heavy (non-hydrogen) atoms. The first kappa shape index (κ1) is 20.1. The molecule has 9 heteroatoms. The largest absolute Gasteiger partial charge is 0.417 e. The first-order valence-corrected chi connectivity index (χ1v) is 8.83. The topological polar surface area (TPSA) is 48.5 Å². The van der Waals surface area contributed by atoms with Crippen LogP contribution in [0.1, 0.15) is 12.5 Å². The molecule has 0 spiro atoms. The third-order valence-electron chi connectivity index (χ3n) is 4.75. The van der Waals surface area contributed by atoms with Crippen molar-refractivity contribution in [2.24, 2.45) is 0 Å². The molecule has 0 aliphatic carbocycles. The van der Waals surface area contributed by atoms with Crippen LogP contribution in [-0.4, -0.2) is 48.0 Å². The zero-order valence-electron chi connectivity index (χ0n) is 15.2. The van der Waals surface area contributed by atoms with Crippen molar-refractivity contribution < 1.29 is 22.4 Å². The molecule has 1 aromatic heterocycles. The molecule has 1 fully saturated rings. The van der Waals surface area contributed by atoms with E-state index in [1.165, 1.54) is 30.3 Å². The van der Waals surface area contributed by atoms with E-state index in [0.717, 1.165) is 12.3 Å². The van der Waals surface area contributed by atoms with Gasteiger partial charge in [0.15, 0.2) is 0 Å². The van der Waals surface area contributed by atoms with Gasteiger partial charge in [-0.15, -0.1) is 0 Å². The fourth-order valence-electron chi connectivity index (χ4n) is 3.02. The van der Waals surface area contributed by atoms with Crippen LogP contribution in [0.2, 0.25) is 0 Å². The van der Waals surface area contributed by atoms with Crippen LogP contribution in [0.25, 0.3) is 0 Å². The van der Waals surface area contributed by atoms with Crippen LogP contribution >= 0.6 is 0 Å². The summed E-state index contributed by atoms with van der Waals surface area (Å²) in [6.45, 7) is 4.02. The number of amides is 1. The molecule has 1 amide bonds. The van der Waals surface area contributed by atoms with Crippen LogP contribution in [-0.2, 0) is 11.0 Å². The van der Waals surface area contributed by atoms with Crippen LogP contribution in [0.4, 0.5) is 29.1 Å². The van der Waals surface area contributed by atoms with Gasteiger partial charge in [-0.1, -0.05) is 0 Å². The van der Waals surface area contributed by atoms with Crippen molar-refractivity contribution in [1.82, 2.24) is 9.88 Å². The predicted molar refractivity (Wildman–Crippen MR) is 97.5 cm³/mol. The number of hydrogen-bond acceptors (Lipinski definition) is 4. The summed E-state index contributed by atoms with van der Waals surface area (Å²) in [6, 6.07) is 7.53. The highest BCUT2D eigenvalue weighted by atomic mass is 19.4. The molecule has 1 N–H and O–H groups in total. The number of nitrogens with one attached hydrogen (secondary N) is 1. The maximum Gasteiger partial charge on any atom is 0.417 e. The van der Waals surface area contributed by atoms with Gasteiger partial charge in [0.05, 0.1) is 11.6 Å². The lowest BCUT2D eigenvalue weighted by atomic mass is 10.2. The molecule has 0 unspecified atom stereocenters. The highest BCUT2D eigenvalue weighted by Gasteiger charge is 2.31. The molecule has 1 aliphatic rings. The lowest BCUT2D eigenvalue weighted by Crippen LogP contribution is -2.53. The van der Waals surface area contributed by atoms with Crippen LogP contribution < -0.4 is 10.2 Å². The molecule has 1 atom stereocenters. The SMILES string of the molecule is C[C@H](C(=O)Nc1ccc(F)cc1)N1CCN(c2ccc(C(F)(F)F)cn2)CC1. The maximum atomic E-state index is 12.9. The minimum absolute atomic E-state index is 0.201. The molecule has 0 radical (unpaired) electrons. The lowest BCUT2D eigenvalue weighted by Gasteiger charge is -2.38. The lowest BCUT2D eigenvalue weighted by molar-refractivity contribution is -0.137.